The van der Waals surface area contributed by atoms with Gasteiger partial charge in [-0.1, -0.05) is 0 Å². The summed E-state index contributed by atoms with van der Waals surface area (Å²) in [7, 11) is 0. The summed E-state index contributed by atoms with van der Waals surface area (Å²) in [5.41, 5.74) is 5.86. The Labute approximate surface area is 100.0 Å². The summed E-state index contributed by atoms with van der Waals surface area (Å²) in [6, 6.07) is 0. The van der Waals surface area contributed by atoms with Crippen LogP contribution in [-0.4, -0.2) is 70.4 Å². The highest BCUT2D eigenvalue weighted by molar-refractivity contribution is 5.91. The molecule has 7 nitrogen and oxygen atoms in total. The number of nitrogens with one attached hydrogen (secondary N) is 1. The first-order valence-corrected chi connectivity index (χ1v) is 5.88. The van der Waals surface area contributed by atoms with E-state index in [0.29, 0.717) is 5.69 Å². The topological polar surface area (TPSA) is 91.1 Å². The van der Waals surface area contributed by atoms with Gasteiger partial charge in [0, 0.05) is 26.2 Å². The van der Waals surface area contributed by atoms with Gasteiger partial charge in [0.1, 0.15) is 0 Å². The minimum Gasteiger partial charge on any atom is -0.335 e. The van der Waals surface area contributed by atoms with Gasteiger partial charge in [0.2, 0.25) is 0 Å². The molecule has 94 valence electrons. The molecule has 1 fully saturated rings. The van der Waals surface area contributed by atoms with E-state index in [2.05, 4.69) is 20.3 Å². The van der Waals surface area contributed by atoms with E-state index in [0.717, 1.165) is 45.7 Å². The number of carbonyl (C=O) groups is 1. The fraction of sp³-hybridized carbons (Fsp3) is 0.700. The number of hydrogen-bond acceptors (Lipinski definition) is 5. The molecular formula is C10H18N6O. The highest BCUT2D eigenvalue weighted by Crippen LogP contribution is 2.06. The van der Waals surface area contributed by atoms with Gasteiger partial charge in [0.05, 0.1) is 6.20 Å². The summed E-state index contributed by atoms with van der Waals surface area (Å²) in [5.74, 6) is -0.0442. The predicted octanol–water partition coefficient (Wildman–Crippen LogP) is -1.09. The molecule has 7 heteroatoms. The Morgan fingerprint density at radius 3 is 2.76 bits per heavy atom. The van der Waals surface area contributed by atoms with Gasteiger partial charge < -0.3 is 10.6 Å². The van der Waals surface area contributed by atoms with E-state index in [4.69, 9.17) is 5.73 Å². The third-order valence-corrected chi connectivity index (χ3v) is 2.97. The second-order valence-electron chi connectivity index (χ2n) is 4.13. The van der Waals surface area contributed by atoms with Gasteiger partial charge in [0.25, 0.3) is 5.91 Å². The molecule has 1 saturated heterocycles. The zero-order valence-corrected chi connectivity index (χ0v) is 9.80. The Balaban J connectivity index is 1.81. The molecule has 0 bridgehead atoms. The molecule has 0 unspecified atom stereocenters. The summed E-state index contributed by atoms with van der Waals surface area (Å²) >= 11 is 0. The van der Waals surface area contributed by atoms with E-state index >= 15 is 0 Å². The zero-order chi connectivity index (χ0) is 12.1. The van der Waals surface area contributed by atoms with Gasteiger partial charge >= 0.3 is 0 Å². The van der Waals surface area contributed by atoms with Crippen molar-refractivity contribution in [2.45, 2.75) is 6.42 Å². The molecule has 2 heterocycles. The van der Waals surface area contributed by atoms with Gasteiger partial charge in [0.15, 0.2) is 5.69 Å². The Morgan fingerprint density at radius 2 is 2.18 bits per heavy atom. The Bertz CT molecular complexity index is 344. The molecule has 1 aromatic heterocycles. The van der Waals surface area contributed by atoms with E-state index in [1.54, 1.807) is 0 Å². The lowest BCUT2D eigenvalue weighted by atomic mass is 10.2. The molecule has 0 radical (unpaired) electrons. The van der Waals surface area contributed by atoms with Crippen LogP contribution < -0.4 is 5.73 Å². The molecule has 1 aliphatic heterocycles. The molecule has 0 aliphatic carbocycles. The van der Waals surface area contributed by atoms with Crippen LogP contribution in [0.2, 0.25) is 0 Å². The van der Waals surface area contributed by atoms with Crippen LogP contribution >= 0.6 is 0 Å². The SMILES string of the molecule is NCCCN1CCN(C(=O)c2cn[nH]n2)CC1. The van der Waals surface area contributed by atoms with Crippen molar-refractivity contribution in [2.24, 2.45) is 5.73 Å². The van der Waals surface area contributed by atoms with Gasteiger partial charge in [-0.3, -0.25) is 9.69 Å². The third kappa shape index (κ3) is 3.01. The number of rotatable bonds is 4. The van der Waals surface area contributed by atoms with Crippen molar-refractivity contribution in [3.05, 3.63) is 11.9 Å². The average molecular weight is 238 g/mol. The van der Waals surface area contributed by atoms with Crippen molar-refractivity contribution in [3.8, 4) is 0 Å². The van der Waals surface area contributed by atoms with Gasteiger partial charge in [-0.25, -0.2) is 0 Å². The van der Waals surface area contributed by atoms with Crippen LogP contribution in [0, 0.1) is 0 Å². The van der Waals surface area contributed by atoms with Gasteiger partial charge in [-0.15, -0.1) is 0 Å². The molecule has 0 saturated carbocycles. The Morgan fingerprint density at radius 1 is 1.41 bits per heavy atom. The Kier molecular flexibility index (Phi) is 4.05. The second-order valence-corrected chi connectivity index (χ2v) is 4.13. The van der Waals surface area contributed by atoms with E-state index in [-0.39, 0.29) is 5.91 Å². The molecule has 1 aromatic rings. The standard InChI is InChI=1S/C10H18N6O/c11-2-1-3-15-4-6-16(7-5-15)10(17)9-8-12-14-13-9/h8H,1-7,11H2,(H,12,13,14). The lowest BCUT2D eigenvalue weighted by Gasteiger charge is -2.34. The number of carbonyl (C=O) groups excluding carboxylic acids is 1. The van der Waals surface area contributed by atoms with Crippen molar-refractivity contribution in [3.63, 3.8) is 0 Å². The maximum Gasteiger partial charge on any atom is 0.276 e. The highest BCUT2D eigenvalue weighted by atomic mass is 16.2. The third-order valence-electron chi connectivity index (χ3n) is 2.97. The first-order valence-electron chi connectivity index (χ1n) is 5.88. The molecule has 3 N–H and O–H groups in total. The summed E-state index contributed by atoms with van der Waals surface area (Å²) in [4.78, 5) is 16.1. The first kappa shape index (κ1) is 12.0. The van der Waals surface area contributed by atoms with Crippen LogP contribution in [0.3, 0.4) is 0 Å². The number of nitrogens with two attached hydrogens (primary N) is 1. The van der Waals surface area contributed by atoms with Crippen LogP contribution in [0.1, 0.15) is 16.9 Å². The quantitative estimate of drug-likeness (QED) is 0.695. The molecule has 2 rings (SSSR count). The monoisotopic (exact) mass is 238 g/mol. The van der Waals surface area contributed by atoms with Crippen LogP contribution in [0.4, 0.5) is 0 Å². The van der Waals surface area contributed by atoms with E-state index in [1.807, 2.05) is 4.90 Å². The number of amides is 1. The molecule has 1 aliphatic rings. The minimum absolute atomic E-state index is 0.0442. The minimum atomic E-state index is -0.0442. The normalized spacial score (nSPS) is 17.4. The molecule has 0 atom stereocenters. The summed E-state index contributed by atoms with van der Waals surface area (Å²) < 4.78 is 0. The molecule has 17 heavy (non-hydrogen) atoms. The van der Waals surface area contributed by atoms with Crippen molar-refractivity contribution in [1.82, 2.24) is 25.2 Å². The maximum absolute atomic E-state index is 11.9. The lowest BCUT2D eigenvalue weighted by molar-refractivity contribution is 0.0631. The number of aromatic nitrogens is 3. The summed E-state index contributed by atoms with van der Waals surface area (Å²) in [6.07, 6.45) is 2.47. The number of piperazine rings is 1. The van der Waals surface area contributed by atoms with E-state index in [1.165, 1.54) is 6.20 Å². The zero-order valence-electron chi connectivity index (χ0n) is 9.80. The molecular weight excluding hydrogens is 220 g/mol. The van der Waals surface area contributed by atoms with Gasteiger partial charge in [-0.05, 0) is 19.5 Å². The first-order chi connectivity index (χ1) is 8.31. The van der Waals surface area contributed by atoms with E-state index in [9.17, 15) is 4.79 Å². The lowest BCUT2D eigenvalue weighted by Crippen LogP contribution is -2.49. The van der Waals surface area contributed by atoms with Crippen molar-refractivity contribution >= 4 is 5.91 Å². The highest BCUT2D eigenvalue weighted by Gasteiger charge is 2.22. The van der Waals surface area contributed by atoms with Gasteiger partial charge in [-0.2, -0.15) is 15.4 Å². The van der Waals surface area contributed by atoms with Crippen LogP contribution in [-0.2, 0) is 0 Å². The summed E-state index contributed by atoms with van der Waals surface area (Å²) in [5, 5.41) is 9.90. The number of hydrogen-bond donors (Lipinski definition) is 2. The van der Waals surface area contributed by atoms with Crippen molar-refractivity contribution in [1.29, 1.82) is 0 Å². The molecule has 0 aromatic carbocycles. The number of aromatic amines is 1. The fourth-order valence-corrected chi connectivity index (χ4v) is 1.96. The number of H-pyrrole nitrogens is 1. The van der Waals surface area contributed by atoms with Crippen LogP contribution in [0.5, 0.6) is 0 Å². The van der Waals surface area contributed by atoms with Crippen LogP contribution in [0.15, 0.2) is 6.20 Å². The maximum atomic E-state index is 11.9. The fourth-order valence-electron chi connectivity index (χ4n) is 1.96. The molecule has 1 amide bonds. The van der Waals surface area contributed by atoms with Crippen molar-refractivity contribution in [2.75, 3.05) is 39.3 Å². The molecule has 0 spiro atoms. The average Bonchev–Trinajstić information content (AvgIpc) is 2.90. The largest absolute Gasteiger partial charge is 0.335 e. The second kappa shape index (κ2) is 5.74. The predicted molar refractivity (Wildman–Crippen MR) is 62.4 cm³/mol. The Hall–Kier alpha value is -1.47. The van der Waals surface area contributed by atoms with E-state index < -0.39 is 0 Å². The number of nitrogens with zero attached hydrogens (tertiary/aromatic N) is 4. The smallest absolute Gasteiger partial charge is 0.276 e. The summed E-state index contributed by atoms with van der Waals surface area (Å²) in [6.45, 7) is 5.04. The van der Waals surface area contributed by atoms with Crippen molar-refractivity contribution < 1.29 is 4.79 Å². The van der Waals surface area contributed by atoms with Crippen LogP contribution in [0.25, 0.3) is 0 Å².